The largest absolute Gasteiger partial charge is 0.494 e. The summed E-state index contributed by atoms with van der Waals surface area (Å²) in [4.78, 5) is 0. The van der Waals surface area contributed by atoms with Crippen molar-refractivity contribution in [1.82, 2.24) is 5.32 Å². The van der Waals surface area contributed by atoms with Crippen LogP contribution in [-0.4, -0.2) is 12.7 Å². The highest BCUT2D eigenvalue weighted by Gasteiger charge is 2.17. The van der Waals surface area contributed by atoms with Crippen molar-refractivity contribution in [1.29, 1.82) is 5.26 Å². The maximum atomic E-state index is 8.57. The fraction of sp³-hybridized carbons (Fsp3) is 0.435. The van der Waals surface area contributed by atoms with Gasteiger partial charge in [-0.2, -0.15) is 5.26 Å². The molecular weight excluding hydrogens is 336 g/mol. The smallest absolute Gasteiger partial charge is 0.124 e. The van der Waals surface area contributed by atoms with Crippen molar-refractivity contribution >= 4 is 0 Å². The highest BCUT2D eigenvalue weighted by Crippen LogP contribution is 2.26. The molecule has 0 heterocycles. The van der Waals surface area contributed by atoms with Gasteiger partial charge in [-0.1, -0.05) is 30.3 Å². The molecule has 0 aliphatic heterocycles. The molecule has 1 aliphatic rings. The van der Waals surface area contributed by atoms with Crippen molar-refractivity contribution in [3.05, 3.63) is 59.7 Å². The van der Waals surface area contributed by atoms with E-state index in [0.29, 0.717) is 19.1 Å². The zero-order valence-electron chi connectivity index (χ0n) is 15.8. The third kappa shape index (κ3) is 6.30. The molecule has 0 atom stereocenters. The lowest BCUT2D eigenvalue weighted by molar-refractivity contribution is 0.207. The van der Waals surface area contributed by atoms with Crippen LogP contribution in [0.15, 0.2) is 48.5 Å². The Bertz CT molecular complexity index is 748. The Morgan fingerprint density at radius 2 is 1.89 bits per heavy atom. The molecule has 0 saturated heterocycles. The third-order valence-corrected chi connectivity index (χ3v) is 4.81. The quantitative estimate of drug-likeness (QED) is 0.604. The number of nitrogens with one attached hydrogen (secondary N) is 1. The van der Waals surface area contributed by atoms with Crippen molar-refractivity contribution in [2.45, 2.75) is 57.7 Å². The number of hydrogen-bond donors (Lipinski definition) is 1. The summed E-state index contributed by atoms with van der Waals surface area (Å²) in [6, 6.07) is 18.6. The molecule has 142 valence electrons. The monoisotopic (exact) mass is 364 g/mol. The van der Waals surface area contributed by atoms with E-state index in [1.54, 1.807) is 0 Å². The molecule has 1 aliphatic carbocycles. The zero-order valence-corrected chi connectivity index (χ0v) is 15.8. The van der Waals surface area contributed by atoms with Gasteiger partial charge < -0.3 is 14.8 Å². The lowest BCUT2D eigenvalue weighted by Gasteiger charge is -2.17. The zero-order chi connectivity index (χ0) is 18.7. The first-order valence-corrected chi connectivity index (χ1v) is 9.89. The number of ether oxygens (including phenoxy) is 2. The lowest BCUT2D eigenvalue weighted by atomic mass is 10.1. The van der Waals surface area contributed by atoms with Crippen molar-refractivity contribution in [2.75, 3.05) is 6.61 Å². The van der Waals surface area contributed by atoms with Crippen LogP contribution in [0.25, 0.3) is 0 Å². The minimum Gasteiger partial charge on any atom is -0.494 e. The number of para-hydroxylation sites is 1. The predicted octanol–water partition coefficient (Wildman–Crippen LogP) is 4.98. The molecule has 1 fully saturated rings. The number of rotatable bonds is 10. The van der Waals surface area contributed by atoms with Gasteiger partial charge in [0.1, 0.15) is 11.5 Å². The first-order valence-electron chi connectivity index (χ1n) is 9.89. The van der Waals surface area contributed by atoms with E-state index in [9.17, 15) is 0 Å². The molecule has 0 amide bonds. The molecule has 4 heteroatoms. The van der Waals surface area contributed by atoms with Gasteiger partial charge in [-0.25, -0.2) is 0 Å². The van der Waals surface area contributed by atoms with Crippen LogP contribution in [-0.2, 0) is 13.1 Å². The van der Waals surface area contributed by atoms with E-state index < -0.39 is 0 Å². The second-order valence-electron chi connectivity index (χ2n) is 6.99. The average Bonchev–Trinajstić information content (AvgIpc) is 3.20. The second kappa shape index (κ2) is 10.6. The lowest BCUT2D eigenvalue weighted by Crippen LogP contribution is -2.16. The van der Waals surface area contributed by atoms with E-state index in [-0.39, 0.29) is 0 Å². The number of hydrogen-bond acceptors (Lipinski definition) is 4. The van der Waals surface area contributed by atoms with Crippen LogP contribution in [0.2, 0.25) is 0 Å². The number of unbranched alkanes of at least 4 members (excludes halogenated alkanes) is 1. The Hall–Kier alpha value is -2.51. The molecule has 0 bridgehead atoms. The Morgan fingerprint density at radius 3 is 2.74 bits per heavy atom. The van der Waals surface area contributed by atoms with Gasteiger partial charge in [0.05, 0.1) is 18.8 Å². The minimum atomic E-state index is 0.376. The Labute approximate surface area is 162 Å². The summed E-state index contributed by atoms with van der Waals surface area (Å²) in [5.74, 6) is 1.86. The van der Waals surface area contributed by atoms with Crippen LogP contribution in [0.4, 0.5) is 0 Å². The summed E-state index contributed by atoms with van der Waals surface area (Å²) in [6.07, 6.45) is 6.56. The highest BCUT2D eigenvalue weighted by atomic mass is 16.5. The second-order valence-corrected chi connectivity index (χ2v) is 6.99. The standard InChI is InChI=1S/C23H28N2O2/c24-14-5-6-15-26-22-12-7-8-19(16-22)17-25-18-20-9-1-4-13-23(20)27-21-10-2-3-11-21/h1,4,7-9,12-13,16,21,25H,2-3,5-6,10-11,15,17-18H2. The average molecular weight is 364 g/mol. The topological polar surface area (TPSA) is 54.3 Å². The van der Waals surface area contributed by atoms with Crippen molar-refractivity contribution in [3.8, 4) is 17.6 Å². The van der Waals surface area contributed by atoms with Crippen LogP contribution in [0.5, 0.6) is 11.5 Å². The molecular formula is C23H28N2O2. The molecule has 2 aromatic rings. The van der Waals surface area contributed by atoms with Crippen molar-refractivity contribution in [2.24, 2.45) is 0 Å². The van der Waals surface area contributed by atoms with E-state index in [1.165, 1.54) is 36.8 Å². The van der Waals surface area contributed by atoms with Crippen LogP contribution in [0.3, 0.4) is 0 Å². The van der Waals surface area contributed by atoms with Crippen LogP contribution in [0, 0.1) is 11.3 Å². The van der Waals surface area contributed by atoms with Gasteiger partial charge in [-0.05, 0) is 55.9 Å². The minimum absolute atomic E-state index is 0.376. The van der Waals surface area contributed by atoms with Gasteiger partial charge >= 0.3 is 0 Å². The van der Waals surface area contributed by atoms with Crippen LogP contribution in [0.1, 0.15) is 49.7 Å². The summed E-state index contributed by atoms with van der Waals surface area (Å²) in [5, 5.41) is 12.1. The molecule has 1 saturated carbocycles. The molecule has 2 aromatic carbocycles. The molecule has 1 N–H and O–H groups in total. The van der Waals surface area contributed by atoms with Gasteiger partial charge in [-0.15, -0.1) is 0 Å². The highest BCUT2D eigenvalue weighted by molar-refractivity contribution is 5.34. The Balaban J connectivity index is 1.49. The molecule has 27 heavy (non-hydrogen) atoms. The number of nitrogens with zero attached hydrogens (tertiary/aromatic N) is 1. The molecule has 0 unspecified atom stereocenters. The molecule has 0 aromatic heterocycles. The van der Waals surface area contributed by atoms with Gasteiger partial charge in [0.25, 0.3) is 0 Å². The van der Waals surface area contributed by atoms with Gasteiger partial charge in [0, 0.05) is 25.1 Å². The summed E-state index contributed by atoms with van der Waals surface area (Å²) in [5.41, 5.74) is 2.38. The molecule has 4 nitrogen and oxygen atoms in total. The summed E-state index contributed by atoms with van der Waals surface area (Å²) in [6.45, 7) is 2.12. The number of nitriles is 1. The number of benzene rings is 2. The van der Waals surface area contributed by atoms with Gasteiger partial charge in [0.2, 0.25) is 0 Å². The van der Waals surface area contributed by atoms with E-state index in [4.69, 9.17) is 14.7 Å². The fourth-order valence-electron chi connectivity index (χ4n) is 3.38. The summed E-state index contributed by atoms with van der Waals surface area (Å²) < 4.78 is 11.9. The maximum absolute atomic E-state index is 8.57. The molecule has 0 radical (unpaired) electrons. The Kier molecular flexibility index (Phi) is 7.56. The molecule has 0 spiro atoms. The Morgan fingerprint density at radius 1 is 1.04 bits per heavy atom. The van der Waals surface area contributed by atoms with E-state index in [1.807, 2.05) is 18.2 Å². The van der Waals surface area contributed by atoms with Crippen LogP contribution < -0.4 is 14.8 Å². The van der Waals surface area contributed by atoms with Crippen molar-refractivity contribution < 1.29 is 9.47 Å². The SMILES string of the molecule is N#CCCCOc1cccc(CNCc2ccccc2OC2CCCC2)c1. The fourth-order valence-corrected chi connectivity index (χ4v) is 3.38. The van der Waals surface area contributed by atoms with E-state index >= 15 is 0 Å². The van der Waals surface area contributed by atoms with Gasteiger partial charge in [0.15, 0.2) is 0 Å². The van der Waals surface area contributed by atoms with Crippen LogP contribution >= 0.6 is 0 Å². The molecule has 3 rings (SSSR count). The van der Waals surface area contributed by atoms with Crippen molar-refractivity contribution in [3.63, 3.8) is 0 Å². The van der Waals surface area contributed by atoms with E-state index in [2.05, 4.69) is 41.7 Å². The maximum Gasteiger partial charge on any atom is 0.124 e. The third-order valence-electron chi connectivity index (χ3n) is 4.81. The van der Waals surface area contributed by atoms with E-state index in [0.717, 1.165) is 31.0 Å². The first kappa shape index (κ1) is 19.3. The summed E-state index contributed by atoms with van der Waals surface area (Å²) in [7, 11) is 0. The summed E-state index contributed by atoms with van der Waals surface area (Å²) >= 11 is 0. The first-order chi connectivity index (χ1) is 13.3. The predicted molar refractivity (Wildman–Crippen MR) is 107 cm³/mol. The normalized spacial score (nSPS) is 14.0. The van der Waals surface area contributed by atoms with Gasteiger partial charge in [-0.3, -0.25) is 0 Å².